The zero-order valence-electron chi connectivity index (χ0n) is 13.4. The summed E-state index contributed by atoms with van der Waals surface area (Å²) in [7, 11) is 0. The number of pyridine rings is 1. The van der Waals surface area contributed by atoms with Crippen molar-refractivity contribution in [3.05, 3.63) is 53.5 Å². The first-order valence-corrected chi connectivity index (χ1v) is 7.50. The first-order valence-electron chi connectivity index (χ1n) is 7.50. The number of amides is 1. The number of hydrogen-bond donors (Lipinski definition) is 1. The molecule has 2 rings (SSSR count). The molecule has 0 fully saturated rings. The smallest absolute Gasteiger partial charge is 0.244 e. The van der Waals surface area contributed by atoms with Gasteiger partial charge in [-0.2, -0.15) is 5.26 Å². The van der Waals surface area contributed by atoms with Gasteiger partial charge in [-0.15, -0.1) is 0 Å². The van der Waals surface area contributed by atoms with E-state index in [1.807, 2.05) is 13.0 Å². The van der Waals surface area contributed by atoms with Crippen LogP contribution in [0.2, 0.25) is 0 Å². The number of anilines is 2. The number of aromatic nitrogens is 1. The molecule has 1 heterocycles. The first-order chi connectivity index (χ1) is 12.0. The average molecular weight is 348 g/mol. The van der Waals surface area contributed by atoms with Gasteiger partial charge in [0.15, 0.2) is 17.5 Å². The van der Waals surface area contributed by atoms with Crippen molar-refractivity contribution in [3.63, 3.8) is 0 Å². The second-order valence-electron chi connectivity index (χ2n) is 5.21. The molecule has 0 bridgehead atoms. The van der Waals surface area contributed by atoms with Crippen molar-refractivity contribution >= 4 is 17.4 Å². The van der Waals surface area contributed by atoms with Gasteiger partial charge in [0, 0.05) is 12.7 Å². The van der Waals surface area contributed by atoms with Gasteiger partial charge in [0.25, 0.3) is 0 Å². The maximum absolute atomic E-state index is 13.6. The third-order valence-electron chi connectivity index (χ3n) is 3.34. The number of nitrogens with zero attached hydrogens (tertiary/aromatic N) is 3. The van der Waals surface area contributed by atoms with Crippen LogP contribution in [0.1, 0.15) is 18.9 Å². The van der Waals surface area contributed by atoms with Gasteiger partial charge in [-0.05, 0) is 30.7 Å². The summed E-state index contributed by atoms with van der Waals surface area (Å²) in [5, 5.41) is 11.0. The summed E-state index contributed by atoms with van der Waals surface area (Å²) in [6, 6.07) is 6.80. The molecule has 1 N–H and O–H groups in total. The van der Waals surface area contributed by atoms with Crippen LogP contribution >= 0.6 is 0 Å². The molecule has 0 spiro atoms. The van der Waals surface area contributed by atoms with Crippen molar-refractivity contribution in [2.75, 3.05) is 23.3 Å². The van der Waals surface area contributed by atoms with Crippen LogP contribution in [-0.2, 0) is 4.79 Å². The molecule has 2 aromatic rings. The van der Waals surface area contributed by atoms with Gasteiger partial charge >= 0.3 is 0 Å². The number of hydrogen-bond acceptors (Lipinski definition) is 4. The van der Waals surface area contributed by atoms with E-state index in [0.29, 0.717) is 24.3 Å². The van der Waals surface area contributed by atoms with E-state index in [9.17, 15) is 18.0 Å². The quantitative estimate of drug-likeness (QED) is 0.814. The molecule has 0 aliphatic rings. The second-order valence-corrected chi connectivity index (χ2v) is 5.21. The largest absolute Gasteiger partial charge is 0.347 e. The lowest BCUT2D eigenvalue weighted by Gasteiger charge is -2.22. The van der Waals surface area contributed by atoms with Crippen LogP contribution in [0.4, 0.5) is 24.7 Å². The van der Waals surface area contributed by atoms with E-state index in [4.69, 9.17) is 5.26 Å². The van der Waals surface area contributed by atoms with Crippen LogP contribution in [-0.4, -0.2) is 24.0 Å². The molecule has 25 heavy (non-hydrogen) atoms. The van der Waals surface area contributed by atoms with E-state index in [1.165, 1.54) is 6.20 Å². The molecule has 0 aliphatic heterocycles. The molecule has 1 amide bonds. The Hall–Kier alpha value is -3.08. The highest BCUT2D eigenvalue weighted by Crippen LogP contribution is 2.20. The summed E-state index contributed by atoms with van der Waals surface area (Å²) in [6.07, 6.45) is 2.10. The Morgan fingerprint density at radius 1 is 1.24 bits per heavy atom. The maximum atomic E-state index is 13.6. The minimum absolute atomic E-state index is 0.162. The van der Waals surface area contributed by atoms with Crippen LogP contribution < -0.4 is 10.2 Å². The monoisotopic (exact) mass is 348 g/mol. The van der Waals surface area contributed by atoms with Gasteiger partial charge in [-0.25, -0.2) is 18.2 Å². The summed E-state index contributed by atoms with van der Waals surface area (Å²) in [5.74, 6) is -4.56. The Balaban J connectivity index is 2.12. The number of nitriles is 1. The number of halogens is 3. The van der Waals surface area contributed by atoms with Crippen molar-refractivity contribution in [2.45, 2.75) is 13.3 Å². The zero-order valence-corrected chi connectivity index (χ0v) is 13.4. The second kappa shape index (κ2) is 8.15. The van der Waals surface area contributed by atoms with Crippen molar-refractivity contribution < 1.29 is 18.0 Å². The van der Waals surface area contributed by atoms with Crippen molar-refractivity contribution in [1.29, 1.82) is 5.26 Å². The van der Waals surface area contributed by atoms with Crippen molar-refractivity contribution in [2.24, 2.45) is 0 Å². The van der Waals surface area contributed by atoms with Crippen LogP contribution in [0.3, 0.4) is 0 Å². The van der Waals surface area contributed by atoms with Gasteiger partial charge in [-0.1, -0.05) is 6.92 Å². The molecule has 0 radical (unpaired) electrons. The normalized spacial score (nSPS) is 10.2. The van der Waals surface area contributed by atoms with Crippen LogP contribution in [0.5, 0.6) is 0 Å². The number of carbonyl (C=O) groups excluding carboxylic acids is 1. The highest BCUT2D eigenvalue weighted by Gasteiger charge is 2.17. The molecule has 0 saturated carbocycles. The Morgan fingerprint density at radius 3 is 2.60 bits per heavy atom. The molecular formula is C17H15F3N4O. The Kier molecular flexibility index (Phi) is 5.95. The summed E-state index contributed by atoms with van der Waals surface area (Å²) in [6.45, 7) is 2.24. The zero-order chi connectivity index (χ0) is 18.4. The van der Waals surface area contributed by atoms with Gasteiger partial charge < -0.3 is 10.2 Å². The fraction of sp³-hybridized carbons (Fsp3) is 0.235. The summed E-state index contributed by atoms with van der Waals surface area (Å²) in [4.78, 5) is 17.9. The highest BCUT2D eigenvalue weighted by atomic mass is 19.2. The lowest BCUT2D eigenvalue weighted by molar-refractivity contribution is -0.115. The molecule has 0 aliphatic carbocycles. The van der Waals surface area contributed by atoms with E-state index in [-0.39, 0.29) is 6.54 Å². The number of carbonyl (C=O) groups is 1. The minimum Gasteiger partial charge on any atom is -0.347 e. The van der Waals surface area contributed by atoms with Gasteiger partial charge in [0.1, 0.15) is 11.9 Å². The Bertz CT molecular complexity index is 803. The van der Waals surface area contributed by atoms with E-state index >= 15 is 0 Å². The average Bonchev–Trinajstić information content (AvgIpc) is 2.62. The lowest BCUT2D eigenvalue weighted by Crippen LogP contribution is -2.34. The Labute approximate surface area is 142 Å². The molecule has 5 nitrogen and oxygen atoms in total. The standard InChI is InChI=1S/C17H15F3N4O/c1-2-7-24(14-6-3-11(8-21)9-22-14)10-15(25)23-13-5-4-12(18)16(19)17(13)20/h3-6,9H,2,7,10H2,1H3,(H,23,25). The molecule has 8 heteroatoms. The summed E-state index contributed by atoms with van der Waals surface area (Å²) in [5.41, 5.74) is -0.0540. The van der Waals surface area contributed by atoms with Crippen molar-refractivity contribution in [1.82, 2.24) is 4.98 Å². The third kappa shape index (κ3) is 4.47. The predicted octanol–water partition coefficient (Wildman–Crippen LogP) is 3.23. The third-order valence-corrected chi connectivity index (χ3v) is 3.34. The Morgan fingerprint density at radius 2 is 2.00 bits per heavy atom. The van der Waals surface area contributed by atoms with Crippen molar-refractivity contribution in [3.8, 4) is 6.07 Å². The number of rotatable bonds is 6. The number of benzene rings is 1. The molecule has 0 saturated heterocycles. The molecule has 0 atom stereocenters. The van der Waals surface area contributed by atoms with Gasteiger partial charge in [-0.3, -0.25) is 4.79 Å². The fourth-order valence-electron chi connectivity index (χ4n) is 2.17. The van der Waals surface area contributed by atoms with Gasteiger partial charge in [0.2, 0.25) is 5.91 Å². The lowest BCUT2D eigenvalue weighted by atomic mass is 10.2. The van der Waals surface area contributed by atoms with E-state index in [1.54, 1.807) is 17.0 Å². The highest BCUT2D eigenvalue weighted by molar-refractivity contribution is 5.94. The molecule has 1 aromatic carbocycles. The van der Waals surface area contributed by atoms with Gasteiger partial charge in [0.05, 0.1) is 17.8 Å². The first kappa shape index (κ1) is 18.3. The maximum Gasteiger partial charge on any atom is 0.244 e. The molecule has 0 unspecified atom stereocenters. The van der Waals surface area contributed by atoms with E-state index in [2.05, 4.69) is 10.3 Å². The SMILES string of the molecule is CCCN(CC(=O)Nc1ccc(F)c(F)c1F)c1ccc(C#N)cn1. The topological polar surface area (TPSA) is 69.0 Å². The van der Waals surface area contributed by atoms with Crippen LogP contribution in [0, 0.1) is 28.8 Å². The minimum atomic E-state index is -1.64. The van der Waals surface area contributed by atoms with Crippen LogP contribution in [0.15, 0.2) is 30.5 Å². The van der Waals surface area contributed by atoms with Crippen LogP contribution in [0.25, 0.3) is 0 Å². The summed E-state index contributed by atoms with van der Waals surface area (Å²) >= 11 is 0. The molecule has 1 aromatic heterocycles. The molecule has 130 valence electrons. The predicted molar refractivity (Wildman–Crippen MR) is 86.4 cm³/mol. The van der Waals surface area contributed by atoms with E-state index < -0.39 is 29.0 Å². The molecular weight excluding hydrogens is 333 g/mol. The number of nitrogens with one attached hydrogen (secondary N) is 1. The summed E-state index contributed by atoms with van der Waals surface area (Å²) < 4.78 is 39.8. The fourth-order valence-corrected chi connectivity index (χ4v) is 2.17. The van der Waals surface area contributed by atoms with E-state index in [0.717, 1.165) is 12.1 Å².